The van der Waals surface area contributed by atoms with E-state index >= 15 is 0 Å². The molecule has 0 saturated carbocycles. The molecule has 0 amide bonds. The molecule has 1 aliphatic rings. The fourth-order valence-electron chi connectivity index (χ4n) is 2.17. The first-order chi connectivity index (χ1) is 7.84. The maximum atomic E-state index is 5.50. The van der Waals surface area contributed by atoms with Crippen molar-refractivity contribution in [2.24, 2.45) is 0 Å². The third kappa shape index (κ3) is 2.50. The van der Waals surface area contributed by atoms with Gasteiger partial charge in [-0.2, -0.15) is 0 Å². The number of aromatic amines is 1. The van der Waals surface area contributed by atoms with Crippen LogP contribution in [0, 0.1) is 0 Å². The highest BCUT2D eigenvalue weighted by molar-refractivity contribution is 9.10. The second kappa shape index (κ2) is 5.40. The third-order valence-corrected chi connectivity index (χ3v) is 3.47. The number of hydrogen-bond acceptors (Lipinski definition) is 2. The summed E-state index contributed by atoms with van der Waals surface area (Å²) in [7, 11) is 0. The smallest absolute Gasteiger partial charge is 0.0662 e. The van der Waals surface area contributed by atoms with E-state index in [1.165, 1.54) is 16.5 Å². The van der Waals surface area contributed by atoms with Crippen molar-refractivity contribution in [3.63, 3.8) is 0 Å². The van der Waals surface area contributed by atoms with Crippen LogP contribution in [0.3, 0.4) is 0 Å². The predicted octanol–water partition coefficient (Wildman–Crippen LogP) is 3.01. The highest BCUT2D eigenvalue weighted by Crippen LogP contribution is 2.27. The summed E-state index contributed by atoms with van der Waals surface area (Å²) >= 11 is 3.51. The van der Waals surface area contributed by atoms with E-state index in [0.717, 1.165) is 24.2 Å². The van der Waals surface area contributed by atoms with Crippen LogP contribution in [0.5, 0.6) is 0 Å². The van der Waals surface area contributed by atoms with Gasteiger partial charge in [0.2, 0.25) is 0 Å². The summed E-state index contributed by atoms with van der Waals surface area (Å²) in [6.07, 6.45) is 2.07. The molecule has 2 N–H and O–H groups in total. The molecule has 1 fully saturated rings. The molecular weight excluding hydrogens is 304 g/mol. The van der Waals surface area contributed by atoms with Gasteiger partial charge in [0.25, 0.3) is 0 Å². The van der Waals surface area contributed by atoms with Crippen LogP contribution in [0.2, 0.25) is 0 Å². The molecule has 2 heterocycles. The molecule has 0 bridgehead atoms. The van der Waals surface area contributed by atoms with Gasteiger partial charge in [0, 0.05) is 28.1 Å². The maximum Gasteiger partial charge on any atom is 0.0662 e. The van der Waals surface area contributed by atoms with Gasteiger partial charge in [-0.25, -0.2) is 0 Å². The van der Waals surface area contributed by atoms with Crippen molar-refractivity contribution in [1.29, 1.82) is 0 Å². The number of nitrogens with one attached hydrogen (secondary N) is 2. The Kier molecular flexibility index (Phi) is 4.09. The number of benzene rings is 1. The molecule has 1 aliphatic heterocycles. The van der Waals surface area contributed by atoms with Crippen molar-refractivity contribution < 1.29 is 4.74 Å². The van der Waals surface area contributed by atoms with Crippen molar-refractivity contribution >= 4 is 39.2 Å². The van der Waals surface area contributed by atoms with Crippen LogP contribution in [0.25, 0.3) is 10.9 Å². The van der Waals surface area contributed by atoms with Crippen LogP contribution in [0.1, 0.15) is 11.6 Å². The average Bonchev–Trinajstić information content (AvgIpc) is 2.73. The van der Waals surface area contributed by atoms with Crippen molar-refractivity contribution in [3.05, 3.63) is 34.4 Å². The highest BCUT2D eigenvalue weighted by atomic mass is 79.9. The first-order valence-corrected chi connectivity index (χ1v) is 6.21. The normalized spacial score (nSPS) is 20.2. The van der Waals surface area contributed by atoms with E-state index in [1.807, 2.05) is 6.07 Å². The van der Waals surface area contributed by atoms with E-state index in [0.29, 0.717) is 6.04 Å². The van der Waals surface area contributed by atoms with E-state index in [2.05, 4.69) is 44.6 Å². The topological polar surface area (TPSA) is 37.0 Å². The van der Waals surface area contributed by atoms with Crippen LogP contribution in [-0.4, -0.2) is 24.7 Å². The SMILES string of the molecule is Brc1ccc2[nH]cc([C@@H]3COCCN3)c2c1.Cl. The standard InChI is InChI=1S/C12H13BrN2O.ClH/c13-8-1-2-11-9(5-8)10(6-15-11)12-7-16-4-3-14-12;/h1-2,5-6,12,14-15H,3-4,7H2;1H/t12-;/m0./s1. The Bertz CT molecular complexity index is 508. The van der Waals surface area contributed by atoms with Gasteiger partial charge in [-0.3, -0.25) is 0 Å². The molecule has 1 saturated heterocycles. The minimum absolute atomic E-state index is 0. The monoisotopic (exact) mass is 316 g/mol. The van der Waals surface area contributed by atoms with E-state index in [-0.39, 0.29) is 12.4 Å². The van der Waals surface area contributed by atoms with Crippen LogP contribution in [-0.2, 0) is 4.74 Å². The Labute approximate surface area is 114 Å². The van der Waals surface area contributed by atoms with Gasteiger partial charge < -0.3 is 15.0 Å². The minimum Gasteiger partial charge on any atom is -0.378 e. The van der Waals surface area contributed by atoms with Crippen molar-refractivity contribution in [1.82, 2.24) is 10.3 Å². The number of hydrogen-bond donors (Lipinski definition) is 2. The van der Waals surface area contributed by atoms with Gasteiger partial charge in [-0.1, -0.05) is 15.9 Å². The fourth-order valence-corrected chi connectivity index (χ4v) is 2.53. The van der Waals surface area contributed by atoms with Crippen molar-refractivity contribution in [3.8, 4) is 0 Å². The summed E-state index contributed by atoms with van der Waals surface area (Å²) in [6, 6.07) is 6.59. The van der Waals surface area contributed by atoms with Crippen LogP contribution < -0.4 is 5.32 Å². The Hall–Kier alpha value is -0.550. The summed E-state index contributed by atoms with van der Waals surface area (Å²) in [5, 5.41) is 4.73. The maximum absolute atomic E-state index is 5.50. The number of fused-ring (bicyclic) bond motifs is 1. The number of rotatable bonds is 1. The molecule has 3 nitrogen and oxygen atoms in total. The molecule has 3 rings (SSSR count). The molecule has 17 heavy (non-hydrogen) atoms. The van der Waals surface area contributed by atoms with E-state index in [4.69, 9.17) is 4.74 Å². The number of H-pyrrole nitrogens is 1. The molecule has 5 heteroatoms. The first kappa shape index (κ1) is 12.9. The zero-order valence-electron chi connectivity index (χ0n) is 9.20. The second-order valence-electron chi connectivity index (χ2n) is 4.02. The van der Waals surface area contributed by atoms with Crippen molar-refractivity contribution in [2.75, 3.05) is 19.8 Å². The van der Waals surface area contributed by atoms with Crippen LogP contribution in [0.15, 0.2) is 28.9 Å². The molecule has 2 aromatic rings. The summed E-state index contributed by atoms with van der Waals surface area (Å²) in [6.45, 7) is 2.48. The number of halogens is 2. The predicted molar refractivity (Wildman–Crippen MR) is 74.8 cm³/mol. The minimum atomic E-state index is 0. The Balaban J connectivity index is 0.00000108. The third-order valence-electron chi connectivity index (χ3n) is 2.97. The first-order valence-electron chi connectivity index (χ1n) is 5.42. The van der Waals surface area contributed by atoms with Crippen LogP contribution >= 0.6 is 28.3 Å². The van der Waals surface area contributed by atoms with E-state index < -0.39 is 0 Å². The van der Waals surface area contributed by atoms with Gasteiger partial charge in [0.15, 0.2) is 0 Å². The Morgan fingerprint density at radius 3 is 3.00 bits per heavy atom. The van der Waals surface area contributed by atoms with Gasteiger partial charge in [0.1, 0.15) is 0 Å². The van der Waals surface area contributed by atoms with E-state index in [1.54, 1.807) is 0 Å². The lowest BCUT2D eigenvalue weighted by molar-refractivity contribution is 0.0773. The lowest BCUT2D eigenvalue weighted by atomic mass is 10.1. The summed E-state index contributed by atoms with van der Waals surface area (Å²) < 4.78 is 6.61. The average molecular weight is 318 g/mol. The molecule has 1 aromatic heterocycles. The molecule has 0 spiro atoms. The van der Waals surface area contributed by atoms with Gasteiger partial charge in [-0.15, -0.1) is 12.4 Å². The second-order valence-corrected chi connectivity index (χ2v) is 4.93. The Morgan fingerprint density at radius 2 is 2.24 bits per heavy atom. The van der Waals surface area contributed by atoms with Gasteiger partial charge in [-0.05, 0) is 23.8 Å². The summed E-state index contributed by atoms with van der Waals surface area (Å²) in [4.78, 5) is 3.30. The molecular formula is C12H14BrClN2O. The molecule has 1 aromatic carbocycles. The zero-order valence-corrected chi connectivity index (χ0v) is 11.6. The molecule has 0 aliphatic carbocycles. The van der Waals surface area contributed by atoms with Crippen LogP contribution in [0.4, 0.5) is 0 Å². The van der Waals surface area contributed by atoms with E-state index in [9.17, 15) is 0 Å². The molecule has 0 radical (unpaired) electrons. The lowest BCUT2D eigenvalue weighted by Gasteiger charge is -2.23. The van der Waals surface area contributed by atoms with Gasteiger partial charge in [0.05, 0.1) is 19.3 Å². The zero-order chi connectivity index (χ0) is 11.0. The number of aromatic nitrogens is 1. The molecule has 92 valence electrons. The highest BCUT2D eigenvalue weighted by Gasteiger charge is 2.18. The fraction of sp³-hybridized carbons (Fsp3) is 0.333. The quantitative estimate of drug-likeness (QED) is 0.848. The summed E-state index contributed by atoms with van der Waals surface area (Å²) in [5.74, 6) is 0. The summed E-state index contributed by atoms with van der Waals surface area (Å²) in [5.41, 5.74) is 2.46. The lowest BCUT2D eigenvalue weighted by Crippen LogP contribution is -2.34. The molecule has 1 atom stereocenters. The van der Waals surface area contributed by atoms with Gasteiger partial charge >= 0.3 is 0 Å². The van der Waals surface area contributed by atoms with Crippen molar-refractivity contribution in [2.45, 2.75) is 6.04 Å². The largest absolute Gasteiger partial charge is 0.378 e. The number of ether oxygens (including phenoxy) is 1. The number of morpholine rings is 1. The Morgan fingerprint density at radius 1 is 1.35 bits per heavy atom. The molecule has 0 unspecified atom stereocenters.